The molecule has 0 radical (unpaired) electrons. The largest absolute Gasteiger partial charge is 0.494 e. The van der Waals surface area contributed by atoms with E-state index in [4.69, 9.17) is 18.9 Å². The second kappa shape index (κ2) is 14.0. The molecule has 2 aliphatic rings. The molecule has 2 aromatic carbocycles. The van der Waals surface area contributed by atoms with Gasteiger partial charge < -0.3 is 33.9 Å². The Morgan fingerprint density at radius 2 is 1.71 bits per heavy atom. The molecule has 1 saturated heterocycles. The Balaban J connectivity index is 1.75. The number of rotatable bonds is 11. The molecule has 2 aromatic rings. The highest BCUT2D eigenvalue weighted by Crippen LogP contribution is 2.43. The number of fused-ring (bicyclic) bond motifs is 1. The summed E-state index contributed by atoms with van der Waals surface area (Å²) >= 11 is 0. The number of hydrogen-bond donors (Lipinski definition) is 1. The Hall–Kier alpha value is -4.40. The van der Waals surface area contributed by atoms with Crippen molar-refractivity contribution >= 4 is 29.2 Å². The number of carboxylic acid groups (broad SMARTS) is 1. The molecule has 2 unspecified atom stereocenters. The van der Waals surface area contributed by atoms with Crippen LogP contribution in [0.4, 0.5) is 23.2 Å². The van der Waals surface area contributed by atoms with Crippen molar-refractivity contribution in [2.45, 2.75) is 70.9 Å². The molecule has 1 amide bonds. The number of amides is 1. The van der Waals surface area contributed by atoms with Crippen LogP contribution in [0.2, 0.25) is 0 Å². The van der Waals surface area contributed by atoms with E-state index >= 15 is 4.39 Å². The third-order valence-electron chi connectivity index (χ3n) is 8.25. The summed E-state index contributed by atoms with van der Waals surface area (Å²) in [7, 11) is 3.91. The van der Waals surface area contributed by atoms with Crippen molar-refractivity contribution < 1.29 is 56.0 Å². The molecule has 2 heterocycles. The van der Waals surface area contributed by atoms with Crippen molar-refractivity contribution in [2.24, 2.45) is 4.99 Å². The molecule has 2 atom stereocenters. The number of alkyl halides is 3. The zero-order valence-corrected chi connectivity index (χ0v) is 27.8. The van der Waals surface area contributed by atoms with Crippen LogP contribution >= 0.6 is 0 Å². The Morgan fingerprint density at radius 3 is 2.25 bits per heavy atom. The van der Waals surface area contributed by atoms with Gasteiger partial charge in [0.15, 0.2) is 29.2 Å². The number of amidine groups is 1. The van der Waals surface area contributed by atoms with Crippen molar-refractivity contribution in [3.63, 3.8) is 0 Å². The van der Waals surface area contributed by atoms with Gasteiger partial charge in [-0.1, -0.05) is 27.7 Å². The van der Waals surface area contributed by atoms with Gasteiger partial charge in [-0.3, -0.25) is 9.59 Å². The Labute approximate surface area is 275 Å². The van der Waals surface area contributed by atoms with Gasteiger partial charge in [0.1, 0.15) is 11.6 Å². The maximum Gasteiger partial charge on any atom is 0.473 e. The van der Waals surface area contributed by atoms with Gasteiger partial charge in [0.05, 0.1) is 45.2 Å². The average Bonchev–Trinajstić information content (AvgIpc) is 3.62. The highest BCUT2D eigenvalue weighted by molar-refractivity contribution is 6.11. The summed E-state index contributed by atoms with van der Waals surface area (Å²) in [6.07, 6.45) is -5.90. The Morgan fingerprint density at radius 1 is 1.04 bits per heavy atom. The minimum absolute atomic E-state index is 0.0282. The third-order valence-corrected chi connectivity index (χ3v) is 8.25. The molecule has 2 aliphatic heterocycles. The van der Waals surface area contributed by atoms with Crippen LogP contribution in [0, 0.1) is 5.82 Å². The van der Waals surface area contributed by atoms with E-state index < -0.39 is 71.0 Å². The molecule has 0 spiro atoms. The number of benzene rings is 2. The highest BCUT2D eigenvalue weighted by atomic mass is 19.4. The van der Waals surface area contributed by atoms with E-state index in [0.717, 1.165) is 12.0 Å². The van der Waals surface area contributed by atoms with Gasteiger partial charge in [0, 0.05) is 30.8 Å². The summed E-state index contributed by atoms with van der Waals surface area (Å²) in [5.41, 5.74) is 0.609. The van der Waals surface area contributed by atoms with Crippen LogP contribution in [0.3, 0.4) is 0 Å². The van der Waals surface area contributed by atoms with Crippen molar-refractivity contribution in [1.82, 2.24) is 4.90 Å². The molecule has 262 valence electrons. The predicted molar refractivity (Wildman–Crippen MR) is 167 cm³/mol. The maximum atomic E-state index is 15.7. The number of aliphatic carboxylic acids is 1. The molecule has 11 nitrogen and oxygen atoms in total. The van der Waals surface area contributed by atoms with E-state index in [1.807, 2.05) is 25.7 Å². The van der Waals surface area contributed by atoms with Crippen LogP contribution in [-0.4, -0.2) is 92.8 Å². The van der Waals surface area contributed by atoms with Crippen molar-refractivity contribution in [1.29, 1.82) is 0 Å². The number of Topliss-reactive ketones (excluding diaryl/α,β-unsaturated/α-hetero) is 1. The zero-order chi connectivity index (χ0) is 35.7. The molecular formula is C33H39F4N3O8. The Kier molecular flexibility index (Phi) is 10.6. The first-order chi connectivity index (χ1) is 22.4. The number of nitrogens with zero attached hydrogens (tertiary/aromatic N) is 3. The quantitative estimate of drug-likeness (QED) is 0.252. The number of hydrogen-bond acceptors (Lipinski definition) is 8. The lowest BCUT2D eigenvalue weighted by atomic mass is 9.84. The molecule has 0 aliphatic carbocycles. The van der Waals surface area contributed by atoms with Gasteiger partial charge in [-0.15, -0.1) is 0 Å². The van der Waals surface area contributed by atoms with Gasteiger partial charge in [0.2, 0.25) is 0 Å². The van der Waals surface area contributed by atoms with E-state index in [9.17, 15) is 32.7 Å². The molecule has 1 fully saturated rings. The van der Waals surface area contributed by atoms with Gasteiger partial charge in [0.25, 0.3) is 0 Å². The summed E-state index contributed by atoms with van der Waals surface area (Å²) in [5, 5.41) is 9.45. The van der Waals surface area contributed by atoms with E-state index in [1.165, 1.54) is 20.3 Å². The standard InChI is InChI=1S/C33H39F4N3O8/c1-8-23(30(42)43)48-19-9-10-39(15-19)21-12-17(11-20(27(21)46-6)32(2,3)4)22(41)16-40-14-18-13-24(45-5)28(47-7)26(34)25(18)29(40)38-31(44)33(35,36)37/h11-13,19,23H,8-10,14-16H2,1-7H3,(H,42,43)/b38-29-. The average molecular weight is 682 g/mol. The van der Waals surface area contributed by atoms with Crippen LogP contribution in [-0.2, 0) is 26.3 Å². The second-order valence-corrected chi connectivity index (χ2v) is 12.5. The van der Waals surface area contributed by atoms with Crippen LogP contribution in [0.25, 0.3) is 0 Å². The predicted octanol–water partition coefficient (Wildman–Crippen LogP) is 5.14. The molecular weight excluding hydrogens is 642 g/mol. The number of anilines is 1. The van der Waals surface area contributed by atoms with Crippen molar-refractivity contribution in [3.8, 4) is 17.2 Å². The summed E-state index contributed by atoms with van der Waals surface area (Å²) in [6, 6.07) is 4.60. The summed E-state index contributed by atoms with van der Waals surface area (Å²) in [6.45, 7) is 7.48. The monoisotopic (exact) mass is 681 g/mol. The molecule has 0 bridgehead atoms. The molecule has 0 saturated carbocycles. The fourth-order valence-electron chi connectivity index (χ4n) is 5.89. The van der Waals surface area contributed by atoms with Crippen LogP contribution < -0.4 is 19.1 Å². The topological polar surface area (TPSA) is 127 Å². The molecule has 0 aromatic heterocycles. The number of methoxy groups -OCH3 is 3. The smallest absolute Gasteiger partial charge is 0.473 e. The number of aliphatic imine (C=N–C) groups is 1. The lowest BCUT2D eigenvalue weighted by Crippen LogP contribution is -2.34. The summed E-state index contributed by atoms with van der Waals surface area (Å²) in [4.78, 5) is 43.8. The van der Waals surface area contributed by atoms with Gasteiger partial charge in [-0.05, 0) is 42.0 Å². The SMILES string of the molecule is CCC(OC1CCN(c2cc(C(=O)CN3Cc4cc(OC)c(OC)c(F)c4/C3=N/C(=O)C(F)(F)F)cc(C(C)(C)C)c2OC)C1)C(=O)O. The van der Waals surface area contributed by atoms with Crippen LogP contribution in [0.15, 0.2) is 23.2 Å². The second-order valence-electron chi connectivity index (χ2n) is 12.5. The van der Waals surface area contributed by atoms with Crippen molar-refractivity contribution in [2.75, 3.05) is 45.9 Å². The number of carbonyl (C=O) groups excluding carboxylic acids is 2. The van der Waals surface area contributed by atoms with Gasteiger partial charge in [-0.2, -0.15) is 18.2 Å². The summed E-state index contributed by atoms with van der Waals surface area (Å²) in [5.74, 6) is -5.74. The number of carbonyl (C=O) groups is 3. The van der Waals surface area contributed by atoms with E-state index in [0.29, 0.717) is 36.5 Å². The van der Waals surface area contributed by atoms with E-state index in [-0.39, 0.29) is 29.8 Å². The first-order valence-corrected chi connectivity index (χ1v) is 15.2. The third kappa shape index (κ3) is 7.35. The van der Waals surface area contributed by atoms with Gasteiger partial charge in [-0.25, -0.2) is 9.18 Å². The molecule has 48 heavy (non-hydrogen) atoms. The lowest BCUT2D eigenvalue weighted by Gasteiger charge is -2.29. The Bertz CT molecular complexity index is 1620. The van der Waals surface area contributed by atoms with Crippen LogP contribution in [0.1, 0.15) is 67.6 Å². The molecule has 15 heteroatoms. The number of carboxylic acids is 1. The highest BCUT2D eigenvalue weighted by Gasteiger charge is 2.42. The first kappa shape index (κ1) is 36.4. The maximum absolute atomic E-state index is 15.7. The van der Waals surface area contributed by atoms with Crippen molar-refractivity contribution in [3.05, 3.63) is 46.3 Å². The van der Waals surface area contributed by atoms with E-state index in [2.05, 4.69) is 4.99 Å². The first-order valence-electron chi connectivity index (χ1n) is 15.2. The summed E-state index contributed by atoms with van der Waals surface area (Å²) < 4.78 is 77.6. The van der Waals surface area contributed by atoms with E-state index in [1.54, 1.807) is 19.1 Å². The minimum Gasteiger partial charge on any atom is -0.494 e. The number of halogens is 4. The van der Waals surface area contributed by atoms with Gasteiger partial charge >= 0.3 is 18.1 Å². The number of ether oxygens (including phenoxy) is 4. The number of ketones is 1. The fourth-order valence-corrected chi connectivity index (χ4v) is 5.89. The molecule has 1 N–H and O–H groups in total. The lowest BCUT2D eigenvalue weighted by molar-refractivity contribution is -0.169. The van der Waals surface area contributed by atoms with Crippen LogP contribution in [0.5, 0.6) is 17.2 Å². The normalized spacial score (nSPS) is 17.8. The molecule has 4 rings (SSSR count). The minimum atomic E-state index is -5.34. The zero-order valence-electron chi connectivity index (χ0n) is 27.8. The fraction of sp³-hybridized carbons (Fsp3) is 0.515.